The highest BCUT2D eigenvalue weighted by Crippen LogP contribution is 2.14. The van der Waals surface area contributed by atoms with Crippen molar-refractivity contribution >= 4 is 11.8 Å². The molecule has 0 saturated carbocycles. The summed E-state index contributed by atoms with van der Waals surface area (Å²) in [5, 5.41) is 2.94. The molecule has 1 fully saturated rings. The van der Waals surface area contributed by atoms with Crippen LogP contribution in [0.25, 0.3) is 0 Å². The zero-order valence-corrected chi connectivity index (χ0v) is 12.8. The number of ether oxygens (including phenoxy) is 1. The first-order chi connectivity index (χ1) is 9.65. The number of unbranched alkanes of at least 4 members (excludes halogenated alkanes) is 2. The summed E-state index contributed by atoms with van der Waals surface area (Å²) in [5.41, 5.74) is 0. The van der Waals surface area contributed by atoms with Gasteiger partial charge in [-0.3, -0.25) is 9.59 Å². The maximum absolute atomic E-state index is 11.9. The minimum Gasteiger partial charge on any atom is -0.381 e. The van der Waals surface area contributed by atoms with E-state index in [0.29, 0.717) is 26.3 Å². The fraction of sp³-hybridized carbons (Fsp3) is 0.867. The van der Waals surface area contributed by atoms with Crippen molar-refractivity contribution in [3.8, 4) is 0 Å². The van der Waals surface area contributed by atoms with Gasteiger partial charge < -0.3 is 15.0 Å². The van der Waals surface area contributed by atoms with E-state index in [0.717, 1.165) is 38.6 Å². The molecule has 0 aromatic heterocycles. The molecule has 1 N–H and O–H groups in total. The number of rotatable bonds is 8. The van der Waals surface area contributed by atoms with Crippen LogP contribution < -0.4 is 5.32 Å². The highest BCUT2D eigenvalue weighted by molar-refractivity contribution is 5.78. The summed E-state index contributed by atoms with van der Waals surface area (Å²) >= 11 is 0. The molecule has 1 aliphatic rings. The summed E-state index contributed by atoms with van der Waals surface area (Å²) in [6.45, 7) is 7.02. The van der Waals surface area contributed by atoms with Crippen LogP contribution in [0, 0.1) is 5.92 Å². The third-order valence-electron chi connectivity index (χ3n) is 3.75. The fourth-order valence-electron chi connectivity index (χ4n) is 2.40. The summed E-state index contributed by atoms with van der Waals surface area (Å²) in [6, 6.07) is 0. The van der Waals surface area contributed by atoms with Crippen LogP contribution in [0.15, 0.2) is 0 Å². The predicted molar refractivity (Wildman–Crippen MR) is 78.3 cm³/mol. The van der Waals surface area contributed by atoms with Crippen molar-refractivity contribution in [1.29, 1.82) is 0 Å². The Hall–Kier alpha value is -1.10. The number of carbonyl (C=O) groups excluding carboxylic acids is 2. The lowest BCUT2D eigenvalue weighted by molar-refractivity contribution is -0.131. The van der Waals surface area contributed by atoms with Crippen molar-refractivity contribution in [1.82, 2.24) is 10.2 Å². The minimum absolute atomic E-state index is 0.0784. The van der Waals surface area contributed by atoms with Crippen LogP contribution in [0.1, 0.15) is 46.0 Å². The van der Waals surface area contributed by atoms with Crippen LogP contribution in [0.5, 0.6) is 0 Å². The molecule has 0 radical (unpaired) electrons. The molecule has 0 unspecified atom stereocenters. The number of carbonyl (C=O) groups is 2. The van der Waals surface area contributed by atoms with Crippen molar-refractivity contribution in [2.75, 3.05) is 32.8 Å². The van der Waals surface area contributed by atoms with Crippen molar-refractivity contribution < 1.29 is 14.3 Å². The number of hydrogen-bond acceptors (Lipinski definition) is 3. The second kappa shape index (κ2) is 9.75. The lowest BCUT2D eigenvalue weighted by Gasteiger charge is -2.24. The maximum atomic E-state index is 11.9. The van der Waals surface area contributed by atoms with Crippen molar-refractivity contribution in [3.05, 3.63) is 0 Å². The molecule has 1 saturated heterocycles. The molecule has 0 aromatic rings. The highest BCUT2D eigenvalue weighted by Gasteiger charge is 2.21. The van der Waals surface area contributed by atoms with E-state index in [1.54, 1.807) is 6.92 Å². The molecule has 0 aromatic carbocycles. The number of nitrogens with zero attached hydrogens (tertiary/aromatic N) is 1. The normalized spacial score (nSPS) is 15.9. The molecule has 0 bridgehead atoms. The third-order valence-corrected chi connectivity index (χ3v) is 3.75. The second-order valence-corrected chi connectivity index (χ2v) is 5.39. The van der Waals surface area contributed by atoms with Crippen LogP contribution in [-0.4, -0.2) is 49.6 Å². The van der Waals surface area contributed by atoms with Crippen molar-refractivity contribution in [2.45, 2.75) is 46.0 Å². The number of hydrogen-bond donors (Lipinski definition) is 1. The van der Waals surface area contributed by atoms with E-state index in [1.807, 2.05) is 4.90 Å². The third kappa shape index (κ3) is 6.37. The molecule has 1 rings (SSSR count). The van der Waals surface area contributed by atoms with Crippen LogP contribution in [0.3, 0.4) is 0 Å². The first-order valence-corrected chi connectivity index (χ1v) is 7.76. The van der Waals surface area contributed by atoms with Gasteiger partial charge in [-0.2, -0.15) is 0 Å². The van der Waals surface area contributed by atoms with Crippen LogP contribution in [0.4, 0.5) is 0 Å². The Bertz CT molecular complexity index is 301. The monoisotopic (exact) mass is 284 g/mol. The topological polar surface area (TPSA) is 58.6 Å². The summed E-state index contributed by atoms with van der Waals surface area (Å²) < 4.78 is 5.25. The Morgan fingerprint density at radius 1 is 1.20 bits per heavy atom. The van der Waals surface area contributed by atoms with E-state index in [-0.39, 0.29) is 17.7 Å². The van der Waals surface area contributed by atoms with Crippen LogP contribution in [-0.2, 0) is 14.3 Å². The summed E-state index contributed by atoms with van der Waals surface area (Å²) in [7, 11) is 0. The Balaban J connectivity index is 2.21. The first-order valence-electron chi connectivity index (χ1n) is 7.76. The largest absolute Gasteiger partial charge is 0.381 e. The van der Waals surface area contributed by atoms with Gasteiger partial charge in [-0.25, -0.2) is 0 Å². The SMILES string of the molecule is CCCCCN(CCNC(=O)C1CCOCC1)C(C)=O. The Morgan fingerprint density at radius 2 is 1.90 bits per heavy atom. The molecular formula is C15H28N2O3. The molecule has 0 aliphatic carbocycles. The lowest BCUT2D eigenvalue weighted by Crippen LogP contribution is -2.41. The fourth-order valence-corrected chi connectivity index (χ4v) is 2.40. The standard InChI is InChI=1S/C15H28N2O3/c1-3-4-5-9-17(13(2)18)10-8-16-15(19)14-6-11-20-12-7-14/h14H,3-12H2,1-2H3,(H,16,19). The molecule has 0 spiro atoms. The van der Waals surface area contributed by atoms with E-state index < -0.39 is 0 Å². The van der Waals surface area contributed by atoms with Gasteiger partial charge >= 0.3 is 0 Å². The summed E-state index contributed by atoms with van der Waals surface area (Å²) in [5.74, 6) is 0.265. The van der Waals surface area contributed by atoms with Crippen LogP contribution >= 0.6 is 0 Å². The van der Waals surface area contributed by atoms with Gasteiger partial charge in [0.2, 0.25) is 11.8 Å². The minimum atomic E-state index is 0.0784. The van der Waals surface area contributed by atoms with Gasteiger partial charge in [0.1, 0.15) is 0 Å². The number of amides is 2. The molecule has 20 heavy (non-hydrogen) atoms. The highest BCUT2D eigenvalue weighted by atomic mass is 16.5. The van der Waals surface area contributed by atoms with Gasteiger partial charge in [0.15, 0.2) is 0 Å². The van der Waals surface area contributed by atoms with Gasteiger partial charge in [0.05, 0.1) is 0 Å². The molecule has 0 atom stereocenters. The molecule has 5 heteroatoms. The quantitative estimate of drug-likeness (QED) is 0.688. The van der Waals surface area contributed by atoms with Gasteiger partial charge in [0.25, 0.3) is 0 Å². The lowest BCUT2D eigenvalue weighted by atomic mass is 9.99. The Morgan fingerprint density at radius 3 is 2.50 bits per heavy atom. The van der Waals surface area contributed by atoms with Crippen molar-refractivity contribution in [3.63, 3.8) is 0 Å². The Kier molecular flexibility index (Phi) is 8.26. The summed E-state index contributed by atoms with van der Waals surface area (Å²) in [4.78, 5) is 25.3. The second-order valence-electron chi connectivity index (χ2n) is 5.39. The molecule has 5 nitrogen and oxygen atoms in total. The average molecular weight is 284 g/mol. The zero-order valence-electron chi connectivity index (χ0n) is 12.8. The molecule has 2 amide bonds. The predicted octanol–water partition coefficient (Wildman–Crippen LogP) is 1.57. The van der Waals surface area contributed by atoms with E-state index in [2.05, 4.69) is 12.2 Å². The summed E-state index contributed by atoms with van der Waals surface area (Å²) in [6.07, 6.45) is 4.92. The van der Waals surface area contributed by atoms with Crippen molar-refractivity contribution in [2.24, 2.45) is 5.92 Å². The van der Waals surface area contributed by atoms with E-state index in [1.165, 1.54) is 0 Å². The van der Waals surface area contributed by atoms with E-state index in [9.17, 15) is 9.59 Å². The van der Waals surface area contributed by atoms with Gasteiger partial charge in [-0.15, -0.1) is 0 Å². The maximum Gasteiger partial charge on any atom is 0.223 e. The van der Waals surface area contributed by atoms with Gasteiger partial charge in [-0.05, 0) is 19.3 Å². The zero-order chi connectivity index (χ0) is 14.8. The van der Waals surface area contributed by atoms with Gasteiger partial charge in [-0.1, -0.05) is 19.8 Å². The van der Waals surface area contributed by atoms with E-state index in [4.69, 9.17) is 4.74 Å². The number of nitrogens with one attached hydrogen (secondary N) is 1. The van der Waals surface area contributed by atoms with E-state index >= 15 is 0 Å². The average Bonchev–Trinajstić information content (AvgIpc) is 2.46. The molecule has 116 valence electrons. The molecule has 1 aliphatic heterocycles. The Labute approximate surface area is 122 Å². The smallest absolute Gasteiger partial charge is 0.223 e. The first kappa shape index (κ1) is 17.0. The molecule has 1 heterocycles. The molecular weight excluding hydrogens is 256 g/mol. The van der Waals surface area contributed by atoms with Crippen LogP contribution in [0.2, 0.25) is 0 Å². The van der Waals surface area contributed by atoms with Gasteiger partial charge in [0, 0.05) is 45.7 Å².